The van der Waals surface area contributed by atoms with Crippen LogP contribution in [-0.4, -0.2) is 44.7 Å². The van der Waals surface area contributed by atoms with E-state index in [2.05, 4.69) is 0 Å². The van der Waals surface area contributed by atoms with Crippen LogP contribution < -0.4 is 4.18 Å². The highest BCUT2D eigenvalue weighted by Gasteiger charge is 2.25. The van der Waals surface area contributed by atoms with Crippen LogP contribution in [0.15, 0.2) is 18.2 Å². The number of halogens is 1. The van der Waals surface area contributed by atoms with Crippen molar-refractivity contribution in [2.24, 2.45) is 5.92 Å². The van der Waals surface area contributed by atoms with Gasteiger partial charge in [-0.1, -0.05) is 25.4 Å². The summed E-state index contributed by atoms with van der Waals surface area (Å²) in [6.45, 7) is 5.03. The van der Waals surface area contributed by atoms with Gasteiger partial charge in [-0.2, -0.15) is 8.42 Å². The molecule has 25 heavy (non-hydrogen) atoms. The van der Waals surface area contributed by atoms with Crippen LogP contribution in [0.2, 0.25) is 5.02 Å². The summed E-state index contributed by atoms with van der Waals surface area (Å²) >= 11 is 6.05. The highest BCUT2D eigenvalue weighted by molar-refractivity contribution is 7.86. The number of nitrogens with zero attached hydrogens (tertiary/aromatic N) is 1. The summed E-state index contributed by atoms with van der Waals surface area (Å²) in [5, 5.41) is 0.449. The van der Waals surface area contributed by atoms with Gasteiger partial charge in [-0.3, -0.25) is 4.79 Å². The summed E-state index contributed by atoms with van der Waals surface area (Å²) in [6, 6.07) is 4.68. The molecular weight excluding hydrogens is 366 g/mol. The molecule has 1 heterocycles. The highest BCUT2D eigenvalue weighted by atomic mass is 35.5. The minimum absolute atomic E-state index is 0.00107. The molecule has 0 saturated carbocycles. The van der Waals surface area contributed by atoms with Gasteiger partial charge in [0, 0.05) is 36.2 Å². The lowest BCUT2D eigenvalue weighted by atomic mass is 10.1. The van der Waals surface area contributed by atoms with Gasteiger partial charge in [0.2, 0.25) is 5.91 Å². The zero-order valence-corrected chi connectivity index (χ0v) is 16.3. The molecule has 0 N–H and O–H groups in total. The van der Waals surface area contributed by atoms with Crippen molar-refractivity contribution in [3.05, 3.63) is 28.8 Å². The average molecular weight is 390 g/mol. The van der Waals surface area contributed by atoms with Gasteiger partial charge in [0.25, 0.3) is 0 Å². The van der Waals surface area contributed by atoms with E-state index in [9.17, 15) is 13.2 Å². The lowest BCUT2D eigenvalue weighted by Crippen LogP contribution is -2.39. The largest absolute Gasteiger partial charge is 0.382 e. The molecule has 1 unspecified atom stereocenters. The number of hydrogen-bond acceptors (Lipinski definition) is 5. The van der Waals surface area contributed by atoms with Crippen molar-refractivity contribution in [1.82, 2.24) is 4.90 Å². The first-order chi connectivity index (χ1) is 11.7. The average Bonchev–Trinajstić information content (AvgIpc) is 3.00. The Labute approximate surface area is 154 Å². The zero-order valence-electron chi connectivity index (χ0n) is 14.7. The minimum Gasteiger partial charge on any atom is -0.382 e. The van der Waals surface area contributed by atoms with Crippen molar-refractivity contribution in [3.8, 4) is 5.75 Å². The van der Waals surface area contributed by atoms with Gasteiger partial charge in [0.1, 0.15) is 5.75 Å². The molecule has 8 heteroatoms. The monoisotopic (exact) mass is 389 g/mol. The summed E-state index contributed by atoms with van der Waals surface area (Å²) in [5.41, 5.74) is 0.546. The third-order valence-corrected chi connectivity index (χ3v) is 4.60. The van der Waals surface area contributed by atoms with Crippen LogP contribution in [-0.2, 0) is 26.2 Å². The van der Waals surface area contributed by atoms with Gasteiger partial charge in [0.05, 0.1) is 12.4 Å². The van der Waals surface area contributed by atoms with E-state index in [1.165, 1.54) is 6.07 Å². The number of amides is 1. The fourth-order valence-corrected chi connectivity index (χ4v) is 3.44. The molecule has 0 aromatic heterocycles. The second-order valence-corrected chi connectivity index (χ2v) is 8.56. The highest BCUT2D eigenvalue weighted by Crippen LogP contribution is 2.27. The summed E-state index contributed by atoms with van der Waals surface area (Å²) < 4.78 is 33.7. The fourth-order valence-electron chi connectivity index (χ4n) is 2.75. The van der Waals surface area contributed by atoms with E-state index < -0.39 is 10.1 Å². The molecule has 0 spiro atoms. The molecule has 1 fully saturated rings. The van der Waals surface area contributed by atoms with E-state index in [0.717, 1.165) is 19.1 Å². The smallest absolute Gasteiger partial charge is 0.306 e. The minimum atomic E-state index is -3.68. The van der Waals surface area contributed by atoms with E-state index in [4.69, 9.17) is 20.5 Å². The number of ether oxygens (including phenoxy) is 1. The van der Waals surface area contributed by atoms with Crippen LogP contribution in [0.5, 0.6) is 5.75 Å². The van der Waals surface area contributed by atoms with E-state index in [1.54, 1.807) is 17.0 Å². The lowest BCUT2D eigenvalue weighted by molar-refractivity contribution is -0.136. The Morgan fingerprint density at radius 1 is 1.44 bits per heavy atom. The molecule has 2 rings (SSSR count). The second kappa shape index (κ2) is 8.38. The molecule has 1 aliphatic heterocycles. The first-order valence-electron chi connectivity index (χ1n) is 8.24. The van der Waals surface area contributed by atoms with Crippen molar-refractivity contribution in [2.75, 3.05) is 19.4 Å². The van der Waals surface area contributed by atoms with Crippen LogP contribution in [0.4, 0.5) is 0 Å². The zero-order chi connectivity index (χ0) is 18.6. The van der Waals surface area contributed by atoms with Crippen molar-refractivity contribution in [1.29, 1.82) is 0 Å². The van der Waals surface area contributed by atoms with Gasteiger partial charge >= 0.3 is 10.1 Å². The molecule has 1 amide bonds. The van der Waals surface area contributed by atoms with Crippen molar-refractivity contribution < 1.29 is 22.1 Å². The Morgan fingerprint density at radius 2 is 2.16 bits per heavy atom. The van der Waals surface area contributed by atoms with E-state index in [1.807, 2.05) is 13.8 Å². The molecule has 1 atom stereocenters. The Hall–Kier alpha value is -1.31. The first kappa shape index (κ1) is 20.0. The van der Waals surface area contributed by atoms with Gasteiger partial charge in [-0.15, -0.1) is 0 Å². The molecule has 6 nitrogen and oxygen atoms in total. The number of benzene rings is 1. The second-order valence-electron chi connectivity index (χ2n) is 6.55. The van der Waals surface area contributed by atoms with Crippen molar-refractivity contribution in [3.63, 3.8) is 0 Å². The molecule has 1 saturated heterocycles. The standard InChI is InChI=1S/C17H24ClNO5S/c1-12(2)17(20)19(11-15-5-4-8-23-15)10-13-9-14(18)6-7-16(13)24-25(3,21)22/h6-7,9,12,15H,4-5,8,10-11H2,1-3H3. The Bertz CT molecular complexity index is 714. The van der Waals surface area contributed by atoms with Crippen molar-refractivity contribution >= 4 is 27.6 Å². The number of carbonyl (C=O) groups excluding carboxylic acids is 1. The number of rotatable bonds is 7. The molecule has 140 valence electrons. The maximum atomic E-state index is 12.6. The van der Waals surface area contributed by atoms with E-state index in [-0.39, 0.29) is 30.2 Å². The molecule has 0 radical (unpaired) electrons. The molecule has 0 aliphatic carbocycles. The summed E-state index contributed by atoms with van der Waals surface area (Å²) in [6.07, 6.45) is 2.87. The maximum Gasteiger partial charge on any atom is 0.306 e. The fraction of sp³-hybridized carbons (Fsp3) is 0.588. The lowest BCUT2D eigenvalue weighted by Gasteiger charge is -2.28. The SMILES string of the molecule is CC(C)C(=O)N(Cc1cc(Cl)ccc1OS(C)(=O)=O)CC1CCCO1. The Balaban J connectivity index is 2.27. The van der Waals surface area contributed by atoms with Crippen LogP contribution in [0, 0.1) is 5.92 Å². The van der Waals surface area contributed by atoms with Gasteiger partial charge in [0.15, 0.2) is 0 Å². The number of carbonyl (C=O) groups is 1. The third kappa shape index (κ3) is 6.17. The van der Waals surface area contributed by atoms with Gasteiger partial charge in [-0.05, 0) is 31.0 Å². The van der Waals surface area contributed by atoms with Gasteiger partial charge in [-0.25, -0.2) is 0 Å². The quantitative estimate of drug-likeness (QED) is 0.670. The van der Waals surface area contributed by atoms with E-state index >= 15 is 0 Å². The predicted molar refractivity (Wildman–Crippen MR) is 96.2 cm³/mol. The van der Waals surface area contributed by atoms with Crippen LogP contribution in [0.1, 0.15) is 32.3 Å². The molecule has 1 aromatic carbocycles. The molecule has 1 aromatic rings. The van der Waals surface area contributed by atoms with Crippen molar-refractivity contribution in [2.45, 2.75) is 39.3 Å². The van der Waals surface area contributed by atoms with Crippen LogP contribution >= 0.6 is 11.6 Å². The topological polar surface area (TPSA) is 72.9 Å². The third-order valence-electron chi connectivity index (χ3n) is 3.88. The van der Waals surface area contributed by atoms with Crippen LogP contribution in [0.25, 0.3) is 0 Å². The van der Waals surface area contributed by atoms with Gasteiger partial charge < -0.3 is 13.8 Å². The predicted octanol–water partition coefficient (Wildman–Crippen LogP) is 2.84. The summed E-state index contributed by atoms with van der Waals surface area (Å²) in [7, 11) is -3.68. The molecule has 1 aliphatic rings. The number of hydrogen-bond donors (Lipinski definition) is 0. The Kier molecular flexibility index (Phi) is 6.71. The molecular formula is C17H24ClNO5S. The normalized spacial score (nSPS) is 17.7. The molecule has 0 bridgehead atoms. The maximum absolute atomic E-state index is 12.6. The Morgan fingerprint density at radius 3 is 2.72 bits per heavy atom. The first-order valence-corrected chi connectivity index (χ1v) is 10.4. The summed E-state index contributed by atoms with van der Waals surface area (Å²) in [5.74, 6) is -0.0264. The van der Waals surface area contributed by atoms with Crippen LogP contribution in [0.3, 0.4) is 0 Å². The van der Waals surface area contributed by atoms with E-state index in [0.29, 0.717) is 23.7 Å². The summed E-state index contributed by atoms with van der Waals surface area (Å²) in [4.78, 5) is 14.3.